The standard InChI is InChI=1S/C17H24N2O2/c1-12-8-13(2)11-19(10-12)15(9-18)14-6-5-7-16(20-3)17(14)21-4/h5-7,12-13,15H,8,10-11H2,1-4H3. The van der Waals surface area contributed by atoms with Crippen LogP contribution in [0.3, 0.4) is 0 Å². The Hall–Kier alpha value is -1.73. The fraction of sp³-hybridized carbons (Fsp3) is 0.588. The molecule has 1 saturated heterocycles. The van der Waals surface area contributed by atoms with Gasteiger partial charge in [-0.2, -0.15) is 5.26 Å². The number of rotatable bonds is 4. The van der Waals surface area contributed by atoms with Gasteiger partial charge in [-0.3, -0.25) is 4.90 Å². The Morgan fingerprint density at radius 3 is 2.38 bits per heavy atom. The van der Waals surface area contributed by atoms with Gasteiger partial charge in [0.1, 0.15) is 6.04 Å². The maximum atomic E-state index is 9.70. The molecule has 1 heterocycles. The highest BCUT2D eigenvalue weighted by Crippen LogP contribution is 2.38. The van der Waals surface area contributed by atoms with Crippen LogP contribution in [-0.2, 0) is 0 Å². The number of nitriles is 1. The Balaban J connectivity index is 2.36. The van der Waals surface area contributed by atoms with Crippen molar-refractivity contribution in [3.05, 3.63) is 23.8 Å². The van der Waals surface area contributed by atoms with Gasteiger partial charge in [-0.1, -0.05) is 26.0 Å². The Labute approximate surface area is 127 Å². The molecule has 3 unspecified atom stereocenters. The van der Waals surface area contributed by atoms with Crippen LogP contribution in [0.2, 0.25) is 0 Å². The van der Waals surface area contributed by atoms with Crippen molar-refractivity contribution in [1.29, 1.82) is 5.26 Å². The predicted molar refractivity (Wildman–Crippen MR) is 82.4 cm³/mol. The van der Waals surface area contributed by atoms with Crippen molar-refractivity contribution in [2.75, 3.05) is 27.3 Å². The largest absolute Gasteiger partial charge is 0.493 e. The second-order valence-electron chi connectivity index (χ2n) is 6.01. The van der Waals surface area contributed by atoms with Crippen molar-refractivity contribution in [1.82, 2.24) is 4.90 Å². The smallest absolute Gasteiger partial charge is 0.166 e. The van der Waals surface area contributed by atoms with Crippen molar-refractivity contribution in [3.8, 4) is 17.6 Å². The van der Waals surface area contributed by atoms with Gasteiger partial charge in [0.2, 0.25) is 0 Å². The Kier molecular flexibility index (Phi) is 5.08. The molecule has 0 saturated carbocycles. The number of hydrogen-bond acceptors (Lipinski definition) is 4. The molecular weight excluding hydrogens is 264 g/mol. The quantitative estimate of drug-likeness (QED) is 0.853. The van der Waals surface area contributed by atoms with E-state index in [0.29, 0.717) is 23.3 Å². The molecule has 3 atom stereocenters. The molecule has 1 aliphatic heterocycles. The molecule has 1 aliphatic rings. The average Bonchev–Trinajstić information content (AvgIpc) is 2.46. The summed E-state index contributed by atoms with van der Waals surface area (Å²) in [5.74, 6) is 2.56. The molecule has 114 valence electrons. The zero-order valence-corrected chi connectivity index (χ0v) is 13.3. The van der Waals surface area contributed by atoms with Gasteiger partial charge in [0.05, 0.1) is 20.3 Å². The van der Waals surface area contributed by atoms with Crippen LogP contribution in [0, 0.1) is 23.2 Å². The zero-order chi connectivity index (χ0) is 15.4. The Bertz CT molecular complexity index is 514. The van der Waals surface area contributed by atoms with Gasteiger partial charge < -0.3 is 9.47 Å². The van der Waals surface area contributed by atoms with E-state index in [1.54, 1.807) is 14.2 Å². The van der Waals surface area contributed by atoms with E-state index in [2.05, 4.69) is 24.8 Å². The zero-order valence-electron chi connectivity index (χ0n) is 13.3. The Morgan fingerprint density at radius 2 is 1.86 bits per heavy atom. The maximum Gasteiger partial charge on any atom is 0.166 e. The summed E-state index contributed by atoms with van der Waals surface area (Å²) >= 11 is 0. The second-order valence-corrected chi connectivity index (χ2v) is 6.01. The van der Waals surface area contributed by atoms with E-state index >= 15 is 0 Å². The first-order valence-electron chi connectivity index (χ1n) is 7.45. The molecule has 2 rings (SSSR count). The van der Waals surface area contributed by atoms with Gasteiger partial charge in [0.15, 0.2) is 11.5 Å². The molecule has 0 N–H and O–H groups in total. The number of ether oxygens (including phenoxy) is 2. The number of piperidine rings is 1. The average molecular weight is 288 g/mol. The van der Waals surface area contributed by atoms with Crippen LogP contribution in [0.1, 0.15) is 31.9 Å². The molecule has 1 fully saturated rings. The third-order valence-corrected chi connectivity index (χ3v) is 4.11. The number of likely N-dealkylation sites (tertiary alicyclic amines) is 1. The van der Waals surface area contributed by atoms with Gasteiger partial charge in [-0.15, -0.1) is 0 Å². The molecule has 0 aromatic heterocycles. The lowest BCUT2D eigenvalue weighted by Crippen LogP contribution is -2.40. The van der Waals surface area contributed by atoms with Gasteiger partial charge in [0.25, 0.3) is 0 Å². The summed E-state index contributed by atoms with van der Waals surface area (Å²) < 4.78 is 10.8. The molecule has 4 nitrogen and oxygen atoms in total. The maximum absolute atomic E-state index is 9.70. The number of nitrogens with zero attached hydrogens (tertiary/aromatic N) is 2. The summed E-state index contributed by atoms with van der Waals surface area (Å²) in [5.41, 5.74) is 0.889. The molecule has 0 spiro atoms. The van der Waals surface area contributed by atoms with Gasteiger partial charge >= 0.3 is 0 Å². The minimum Gasteiger partial charge on any atom is -0.493 e. The number of benzene rings is 1. The van der Waals surface area contributed by atoms with Crippen molar-refractivity contribution in [3.63, 3.8) is 0 Å². The van der Waals surface area contributed by atoms with Gasteiger partial charge in [0, 0.05) is 18.7 Å². The first-order valence-corrected chi connectivity index (χ1v) is 7.45. The van der Waals surface area contributed by atoms with Crippen molar-refractivity contribution in [2.24, 2.45) is 11.8 Å². The molecule has 0 aliphatic carbocycles. The second kappa shape index (κ2) is 6.82. The normalized spacial score (nSPS) is 24.1. The molecule has 1 aromatic rings. The summed E-state index contributed by atoms with van der Waals surface area (Å²) in [5, 5.41) is 9.70. The van der Waals surface area contributed by atoms with Gasteiger partial charge in [-0.25, -0.2) is 0 Å². The first-order chi connectivity index (χ1) is 10.1. The minimum absolute atomic E-state index is 0.291. The van der Waals surface area contributed by atoms with E-state index in [1.807, 2.05) is 18.2 Å². The molecule has 0 amide bonds. The highest BCUT2D eigenvalue weighted by Gasteiger charge is 2.30. The molecule has 21 heavy (non-hydrogen) atoms. The lowest BCUT2D eigenvalue weighted by atomic mass is 9.90. The summed E-state index contributed by atoms with van der Waals surface area (Å²) in [4.78, 5) is 2.26. The van der Waals surface area contributed by atoms with E-state index in [1.165, 1.54) is 6.42 Å². The van der Waals surface area contributed by atoms with Crippen molar-refractivity contribution in [2.45, 2.75) is 26.3 Å². The third-order valence-electron chi connectivity index (χ3n) is 4.11. The third kappa shape index (κ3) is 3.30. The van der Waals surface area contributed by atoms with E-state index in [0.717, 1.165) is 18.7 Å². The minimum atomic E-state index is -0.291. The van der Waals surface area contributed by atoms with Crippen LogP contribution >= 0.6 is 0 Å². The highest BCUT2D eigenvalue weighted by molar-refractivity contribution is 5.49. The predicted octanol–water partition coefficient (Wildman–Crippen LogP) is 3.25. The van der Waals surface area contributed by atoms with Crippen LogP contribution < -0.4 is 9.47 Å². The summed E-state index contributed by atoms with van der Waals surface area (Å²) in [6, 6.07) is 7.89. The van der Waals surface area contributed by atoms with Crippen LogP contribution in [0.15, 0.2) is 18.2 Å². The molecule has 1 aromatic carbocycles. The van der Waals surface area contributed by atoms with Crippen molar-refractivity contribution >= 4 is 0 Å². The van der Waals surface area contributed by atoms with E-state index in [4.69, 9.17) is 9.47 Å². The fourth-order valence-corrected chi connectivity index (χ4v) is 3.40. The van der Waals surface area contributed by atoms with Crippen LogP contribution in [0.25, 0.3) is 0 Å². The fourth-order valence-electron chi connectivity index (χ4n) is 3.40. The molecule has 0 bridgehead atoms. The van der Waals surface area contributed by atoms with Crippen LogP contribution in [0.4, 0.5) is 0 Å². The summed E-state index contributed by atoms with van der Waals surface area (Å²) in [6.07, 6.45) is 1.23. The van der Waals surface area contributed by atoms with Crippen molar-refractivity contribution < 1.29 is 9.47 Å². The lowest BCUT2D eigenvalue weighted by Gasteiger charge is -2.38. The SMILES string of the molecule is COc1cccc(C(C#N)N2CC(C)CC(C)C2)c1OC. The molecular formula is C17H24N2O2. The van der Waals surface area contributed by atoms with Gasteiger partial charge in [-0.05, 0) is 24.3 Å². The summed E-state index contributed by atoms with van der Waals surface area (Å²) in [6.45, 7) is 6.39. The monoisotopic (exact) mass is 288 g/mol. The summed E-state index contributed by atoms with van der Waals surface area (Å²) in [7, 11) is 3.24. The van der Waals surface area contributed by atoms with E-state index in [-0.39, 0.29) is 6.04 Å². The Morgan fingerprint density at radius 1 is 1.19 bits per heavy atom. The van der Waals surface area contributed by atoms with Crippen LogP contribution in [-0.4, -0.2) is 32.2 Å². The number of para-hydroxylation sites is 1. The lowest BCUT2D eigenvalue weighted by molar-refractivity contribution is 0.116. The number of hydrogen-bond donors (Lipinski definition) is 0. The molecule has 0 radical (unpaired) electrons. The van der Waals surface area contributed by atoms with E-state index < -0.39 is 0 Å². The first kappa shape index (κ1) is 15.7. The highest BCUT2D eigenvalue weighted by atomic mass is 16.5. The van der Waals surface area contributed by atoms with E-state index in [9.17, 15) is 5.26 Å². The number of methoxy groups -OCH3 is 2. The topological polar surface area (TPSA) is 45.5 Å². The van der Waals surface area contributed by atoms with Crippen LogP contribution in [0.5, 0.6) is 11.5 Å². The molecule has 4 heteroatoms.